The highest BCUT2D eigenvalue weighted by atomic mass is 35.5. The van der Waals surface area contributed by atoms with Crippen LogP contribution >= 0.6 is 35.0 Å². The molecule has 0 radical (unpaired) electrons. The summed E-state index contributed by atoms with van der Waals surface area (Å²) in [4.78, 5) is 12.9. The Morgan fingerprint density at radius 3 is 2.65 bits per heavy atom. The van der Waals surface area contributed by atoms with Crippen LogP contribution in [0.3, 0.4) is 0 Å². The van der Waals surface area contributed by atoms with Gasteiger partial charge in [-0.15, -0.1) is 11.8 Å². The van der Waals surface area contributed by atoms with Crippen LogP contribution in [-0.2, 0) is 9.53 Å². The maximum Gasteiger partial charge on any atom is 0.326 e. The zero-order valence-electron chi connectivity index (χ0n) is 11.8. The number of likely N-dealkylation sites (N-methyl/N-ethyl adjacent to an activating group) is 1. The molecule has 0 amide bonds. The van der Waals surface area contributed by atoms with Crippen LogP contribution < -0.4 is 5.32 Å². The molecule has 1 aromatic rings. The zero-order chi connectivity index (χ0) is 15.2. The molecule has 0 fully saturated rings. The van der Waals surface area contributed by atoms with Crippen molar-refractivity contribution in [2.45, 2.75) is 30.7 Å². The molecule has 0 spiro atoms. The first-order valence-electron chi connectivity index (χ1n) is 6.37. The summed E-state index contributed by atoms with van der Waals surface area (Å²) < 4.78 is 5.09. The Hall–Kier alpha value is -0.420. The van der Waals surface area contributed by atoms with Gasteiger partial charge in [-0.1, -0.05) is 23.2 Å². The fourth-order valence-corrected chi connectivity index (χ4v) is 3.03. The SMILES string of the molecule is CCOC(=O)C(C)(CCSc1ccc(Cl)c(Cl)c1)NC. The number of esters is 1. The van der Waals surface area contributed by atoms with Crippen LogP contribution in [0.25, 0.3) is 0 Å². The minimum absolute atomic E-state index is 0.225. The molecule has 0 bridgehead atoms. The van der Waals surface area contributed by atoms with Gasteiger partial charge in [0.05, 0.1) is 16.7 Å². The predicted octanol–water partition coefficient (Wildman–Crippen LogP) is 4.02. The summed E-state index contributed by atoms with van der Waals surface area (Å²) in [6.07, 6.45) is 0.660. The van der Waals surface area contributed by atoms with Crippen LogP contribution in [0.4, 0.5) is 0 Å². The minimum Gasteiger partial charge on any atom is -0.465 e. The van der Waals surface area contributed by atoms with Gasteiger partial charge in [-0.05, 0) is 45.5 Å². The van der Waals surface area contributed by atoms with Crippen molar-refractivity contribution in [2.24, 2.45) is 0 Å². The van der Waals surface area contributed by atoms with Crippen LogP contribution in [0.15, 0.2) is 23.1 Å². The number of rotatable bonds is 7. The van der Waals surface area contributed by atoms with E-state index in [0.29, 0.717) is 23.1 Å². The van der Waals surface area contributed by atoms with Gasteiger partial charge in [0.1, 0.15) is 5.54 Å². The van der Waals surface area contributed by atoms with Crippen LogP contribution in [0.1, 0.15) is 20.3 Å². The molecular formula is C14H19Cl2NO2S. The van der Waals surface area contributed by atoms with Crippen molar-refractivity contribution in [1.82, 2.24) is 5.32 Å². The molecule has 1 N–H and O–H groups in total. The van der Waals surface area contributed by atoms with Gasteiger partial charge < -0.3 is 10.1 Å². The van der Waals surface area contributed by atoms with Crippen LogP contribution in [-0.4, -0.2) is 30.9 Å². The molecule has 0 saturated carbocycles. The highest BCUT2D eigenvalue weighted by Crippen LogP contribution is 2.29. The Morgan fingerprint density at radius 2 is 2.10 bits per heavy atom. The number of carbonyl (C=O) groups excluding carboxylic acids is 1. The molecule has 1 aromatic carbocycles. The summed E-state index contributed by atoms with van der Waals surface area (Å²) in [6, 6.07) is 5.52. The Kier molecular flexibility index (Phi) is 7.17. The van der Waals surface area contributed by atoms with Gasteiger partial charge in [0, 0.05) is 10.6 Å². The summed E-state index contributed by atoms with van der Waals surface area (Å²) in [6.45, 7) is 4.04. The lowest BCUT2D eigenvalue weighted by molar-refractivity contribution is -0.150. The summed E-state index contributed by atoms with van der Waals surface area (Å²) in [5.74, 6) is 0.547. The maximum atomic E-state index is 11.9. The second kappa shape index (κ2) is 8.13. The van der Waals surface area contributed by atoms with E-state index in [1.54, 1.807) is 31.8 Å². The van der Waals surface area contributed by atoms with Crippen molar-refractivity contribution < 1.29 is 9.53 Å². The molecule has 0 aliphatic heterocycles. The van der Waals surface area contributed by atoms with Gasteiger partial charge in [-0.25, -0.2) is 0 Å². The second-order valence-corrected chi connectivity index (χ2v) is 6.46. The topological polar surface area (TPSA) is 38.3 Å². The van der Waals surface area contributed by atoms with E-state index in [1.807, 2.05) is 19.1 Å². The number of hydrogen-bond acceptors (Lipinski definition) is 4. The lowest BCUT2D eigenvalue weighted by atomic mass is 10.00. The molecule has 0 heterocycles. The fraction of sp³-hybridized carbons (Fsp3) is 0.500. The van der Waals surface area contributed by atoms with E-state index in [-0.39, 0.29) is 5.97 Å². The Morgan fingerprint density at radius 1 is 1.40 bits per heavy atom. The van der Waals surface area contributed by atoms with Gasteiger partial charge in [0.2, 0.25) is 0 Å². The molecule has 0 aliphatic rings. The van der Waals surface area contributed by atoms with Crippen molar-refractivity contribution in [1.29, 1.82) is 0 Å². The van der Waals surface area contributed by atoms with Crippen molar-refractivity contribution in [3.63, 3.8) is 0 Å². The van der Waals surface area contributed by atoms with Gasteiger partial charge in [0.15, 0.2) is 0 Å². The summed E-state index contributed by atoms with van der Waals surface area (Å²) in [5.41, 5.74) is -0.667. The molecule has 3 nitrogen and oxygen atoms in total. The van der Waals surface area contributed by atoms with Crippen LogP contribution in [0, 0.1) is 0 Å². The molecule has 6 heteroatoms. The fourth-order valence-electron chi connectivity index (χ4n) is 1.56. The molecule has 112 valence electrons. The molecule has 0 aromatic heterocycles. The van der Waals surface area contributed by atoms with E-state index >= 15 is 0 Å². The normalized spacial score (nSPS) is 13.8. The first-order valence-corrected chi connectivity index (χ1v) is 8.11. The summed E-state index contributed by atoms with van der Waals surface area (Å²) in [5, 5.41) is 4.12. The minimum atomic E-state index is -0.667. The maximum absolute atomic E-state index is 11.9. The average molecular weight is 336 g/mol. The third-order valence-corrected chi connectivity index (χ3v) is 4.77. The van der Waals surface area contributed by atoms with Crippen LogP contribution in [0.5, 0.6) is 0 Å². The number of carbonyl (C=O) groups is 1. The van der Waals surface area contributed by atoms with Gasteiger partial charge in [0.25, 0.3) is 0 Å². The third-order valence-electron chi connectivity index (χ3n) is 3.04. The van der Waals surface area contributed by atoms with Gasteiger partial charge in [-0.2, -0.15) is 0 Å². The number of nitrogens with one attached hydrogen (secondary N) is 1. The Bertz CT molecular complexity index is 470. The van der Waals surface area contributed by atoms with E-state index in [1.165, 1.54) is 0 Å². The summed E-state index contributed by atoms with van der Waals surface area (Å²) >= 11 is 13.5. The van der Waals surface area contributed by atoms with Gasteiger partial charge >= 0.3 is 5.97 Å². The predicted molar refractivity (Wildman–Crippen MR) is 85.9 cm³/mol. The first-order chi connectivity index (χ1) is 9.42. The number of benzene rings is 1. The monoisotopic (exact) mass is 335 g/mol. The number of ether oxygens (including phenoxy) is 1. The Balaban J connectivity index is 2.56. The van der Waals surface area contributed by atoms with E-state index in [2.05, 4.69) is 5.32 Å². The molecule has 0 saturated heterocycles. The molecular weight excluding hydrogens is 317 g/mol. The molecule has 1 unspecified atom stereocenters. The molecule has 1 rings (SSSR count). The number of thioether (sulfide) groups is 1. The highest BCUT2D eigenvalue weighted by Gasteiger charge is 2.32. The zero-order valence-corrected chi connectivity index (χ0v) is 14.2. The van der Waals surface area contributed by atoms with Crippen LogP contribution in [0.2, 0.25) is 10.0 Å². The second-order valence-electron chi connectivity index (χ2n) is 4.48. The average Bonchev–Trinajstić information content (AvgIpc) is 2.42. The first kappa shape index (κ1) is 17.6. The van der Waals surface area contributed by atoms with Crippen molar-refractivity contribution >= 4 is 40.9 Å². The quantitative estimate of drug-likeness (QED) is 0.603. The number of halogens is 2. The van der Waals surface area contributed by atoms with Crippen molar-refractivity contribution in [2.75, 3.05) is 19.4 Å². The lowest BCUT2D eigenvalue weighted by Gasteiger charge is -2.26. The lowest BCUT2D eigenvalue weighted by Crippen LogP contribution is -2.49. The standard InChI is InChI=1S/C14H19Cl2NO2S/c1-4-19-13(18)14(2,17-3)7-8-20-10-5-6-11(15)12(16)9-10/h5-6,9,17H,4,7-8H2,1-3H3. The number of hydrogen-bond donors (Lipinski definition) is 1. The largest absolute Gasteiger partial charge is 0.465 e. The summed E-state index contributed by atoms with van der Waals surface area (Å²) in [7, 11) is 1.76. The Labute approximate surface area is 134 Å². The van der Waals surface area contributed by atoms with Gasteiger partial charge in [-0.3, -0.25) is 4.79 Å². The van der Waals surface area contributed by atoms with E-state index in [4.69, 9.17) is 27.9 Å². The molecule has 20 heavy (non-hydrogen) atoms. The van der Waals surface area contributed by atoms with Crippen molar-refractivity contribution in [3.8, 4) is 0 Å². The van der Waals surface area contributed by atoms with E-state index in [9.17, 15) is 4.79 Å². The highest BCUT2D eigenvalue weighted by molar-refractivity contribution is 7.99. The molecule has 1 atom stereocenters. The third kappa shape index (κ3) is 4.85. The van der Waals surface area contributed by atoms with Crippen molar-refractivity contribution in [3.05, 3.63) is 28.2 Å². The molecule has 0 aliphatic carbocycles. The van der Waals surface area contributed by atoms with E-state index in [0.717, 1.165) is 10.6 Å². The van der Waals surface area contributed by atoms with E-state index < -0.39 is 5.54 Å². The smallest absolute Gasteiger partial charge is 0.326 e.